The maximum Gasteiger partial charge on any atom is 0.273 e. The molecule has 0 saturated heterocycles. The summed E-state index contributed by atoms with van der Waals surface area (Å²) >= 11 is 0. The number of hydrazone groups is 1. The summed E-state index contributed by atoms with van der Waals surface area (Å²) in [5.41, 5.74) is 5.72. The molecule has 0 unspecified atom stereocenters. The van der Waals surface area contributed by atoms with E-state index in [-0.39, 0.29) is 12.1 Å². The van der Waals surface area contributed by atoms with Crippen molar-refractivity contribution in [3.8, 4) is 11.1 Å². The highest BCUT2D eigenvalue weighted by Gasteiger charge is 2.14. The van der Waals surface area contributed by atoms with Crippen molar-refractivity contribution in [2.24, 2.45) is 5.10 Å². The van der Waals surface area contributed by atoms with Crippen molar-refractivity contribution in [3.63, 3.8) is 0 Å². The van der Waals surface area contributed by atoms with E-state index in [1.807, 2.05) is 54.6 Å². The largest absolute Gasteiger partial charge is 0.273 e. The van der Waals surface area contributed by atoms with Gasteiger partial charge in [-0.25, -0.2) is 5.43 Å². The average Bonchev–Trinajstić information content (AvgIpc) is 2.69. The number of carbonyl (C=O) groups excluding carboxylic acids is 1. The molecule has 3 aromatic carbocycles. The van der Waals surface area contributed by atoms with E-state index in [4.69, 9.17) is 0 Å². The van der Waals surface area contributed by atoms with E-state index < -0.39 is 10.8 Å². The monoisotopic (exact) mass is 359 g/mol. The summed E-state index contributed by atoms with van der Waals surface area (Å²) in [5, 5.41) is 14.9. The quantitative estimate of drug-likeness (QED) is 0.411. The molecule has 0 radical (unpaired) electrons. The third-order valence-electron chi connectivity index (χ3n) is 3.96. The van der Waals surface area contributed by atoms with Gasteiger partial charge < -0.3 is 0 Å². The number of hydrogen-bond acceptors (Lipinski definition) is 4. The number of amides is 1. The molecular weight excluding hydrogens is 342 g/mol. The number of carbonyl (C=O) groups is 1. The van der Waals surface area contributed by atoms with Gasteiger partial charge >= 0.3 is 0 Å². The van der Waals surface area contributed by atoms with Gasteiger partial charge in [0, 0.05) is 11.6 Å². The zero-order valence-electron chi connectivity index (χ0n) is 14.4. The summed E-state index contributed by atoms with van der Waals surface area (Å²) in [6.07, 6.45) is 1.42. The fourth-order valence-electron chi connectivity index (χ4n) is 2.62. The molecule has 3 aromatic rings. The summed E-state index contributed by atoms with van der Waals surface area (Å²) < 4.78 is 0. The molecule has 0 saturated carbocycles. The molecule has 0 atom stereocenters. The lowest BCUT2D eigenvalue weighted by atomic mass is 10.0. The standard InChI is InChI=1S/C21H17N3O3/c25-21(14-19-8-4-5-9-20(19)24(26)27)23-22-15-16-10-12-18(13-11-16)17-6-2-1-3-7-17/h1-13,15H,14H2,(H,23,25). The van der Waals surface area contributed by atoms with Crippen molar-refractivity contribution in [3.05, 3.63) is 100 Å². The van der Waals surface area contributed by atoms with Crippen LogP contribution < -0.4 is 5.43 Å². The Morgan fingerprint density at radius 1 is 0.926 bits per heavy atom. The normalized spacial score (nSPS) is 10.7. The Bertz CT molecular complexity index is 967. The highest BCUT2D eigenvalue weighted by Crippen LogP contribution is 2.19. The fraction of sp³-hybridized carbons (Fsp3) is 0.0476. The van der Waals surface area contributed by atoms with Crippen molar-refractivity contribution in [1.82, 2.24) is 5.43 Å². The molecule has 0 aliphatic heterocycles. The van der Waals surface area contributed by atoms with Crippen molar-refractivity contribution in [2.75, 3.05) is 0 Å². The summed E-state index contributed by atoms with van der Waals surface area (Å²) in [6.45, 7) is 0. The number of nitrogens with one attached hydrogen (secondary N) is 1. The Labute approximate surface area is 156 Å². The number of nitro benzene ring substituents is 1. The van der Waals surface area contributed by atoms with Gasteiger partial charge in [0.25, 0.3) is 5.69 Å². The lowest BCUT2D eigenvalue weighted by Crippen LogP contribution is -2.20. The molecule has 6 nitrogen and oxygen atoms in total. The first kappa shape index (κ1) is 18.0. The van der Waals surface area contributed by atoms with Crippen LogP contribution in [0.3, 0.4) is 0 Å². The fourth-order valence-corrected chi connectivity index (χ4v) is 2.62. The third-order valence-corrected chi connectivity index (χ3v) is 3.96. The minimum atomic E-state index is -0.500. The number of para-hydroxylation sites is 1. The van der Waals surface area contributed by atoms with Crippen molar-refractivity contribution >= 4 is 17.8 Å². The predicted octanol–water partition coefficient (Wildman–Crippen LogP) is 3.95. The molecule has 1 amide bonds. The molecule has 0 heterocycles. The van der Waals surface area contributed by atoms with Gasteiger partial charge in [-0.05, 0) is 16.7 Å². The molecule has 0 aromatic heterocycles. The molecule has 0 fully saturated rings. The van der Waals surface area contributed by atoms with E-state index >= 15 is 0 Å². The molecule has 6 heteroatoms. The van der Waals surface area contributed by atoms with Crippen molar-refractivity contribution in [2.45, 2.75) is 6.42 Å². The van der Waals surface area contributed by atoms with Crippen molar-refractivity contribution in [1.29, 1.82) is 0 Å². The Balaban J connectivity index is 1.59. The first-order chi connectivity index (χ1) is 13.1. The molecule has 3 rings (SSSR count). The summed E-state index contributed by atoms with van der Waals surface area (Å²) in [7, 11) is 0. The number of rotatable bonds is 6. The zero-order chi connectivity index (χ0) is 19.1. The second-order valence-electron chi connectivity index (χ2n) is 5.84. The highest BCUT2D eigenvalue weighted by atomic mass is 16.6. The number of hydrogen-bond donors (Lipinski definition) is 1. The SMILES string of the molecule is O=C(Cc1ccccc1[N+](=O)[O-])NN=Cc1ccc(-c2ccccc2)cc1. The molecule has 0 aliphatic carbocycles. The van der Waals surface area contributed by atoms with Crippen LogP contribution in [0.4, 0.5) is 5.69 Å². The maximum atomic E-state index is 12.0. The molecule has 27 heavy (non-hydrogen) atoms. The first-order valence-electron chi connectivity index (χ1n) is 8.33. The predicted molar refractivity (Wildman–Crippen MR) is 104 cm³/mol. The van der Waals surface area contributed by atoms with Gasteiger partial charge in [-0.2, -0.15) is 5.10 Å². The van der Waals surface area contributed by atoms with E-state index in [1.165, 1.54) is 12.3 Å². The van der Waals surface area contributed by atoms with Crippen molar-refractivity contribution < 1.29 is 9.72 Å². The Kier molecular flexibility index (Phi) is 5.69. The van der Waals surface area contributed by atoms with Crippen LogP contribution in [0, 0.1) is 10.1 Å². The minimum absolute atomic E-state index is 0.0758. The average molecular weight is 359 g/mol. The van der Waals surface area contributed by atoms with E-state index in [1.54, 1.807) is 18.2 Å². The Hall–Kier alpha value is -3.80. The number of nitrogens with zero attached hydrogens (tertiary/aromatic N) is 2. The van der Waals surface area contributed by atoms with Gasteiger partial charge in [0.15, 0.2) is 0 Å². The van der Waals surface area contributed by atoms with Crippen LogP contribution in [0.2, 0.25) is 0 Å². The van der Waals surface area contributed by atoms with Gasteiger partial charge in [0.1, 0.15) is 0 Å². The van der Waals surface area contributed by atoms with Crippen LogP contribution in [0.1, 0.15) is 11.1 Å². The molecule has 134 valence electrons. The number of nitro groups is 1. The maximum absolute atomic E-state index is 12.0. The highest BCUT2D eigenvalue weighted by molar-refractivity contribution is 5.84. The topological polar surface area (TPSA) is 84.6 Å². The molecule has 0 aliphatic rings. The lowest BCUT2D eigenvalue weighted by molar-refractivity contribution is -0.385. The van der Waals surface area contributed by atoms with E-state index in [0.29, 0.717) is 5.56 Å². The smallest absolute Gasteiger partial charge is 0.273 e. The molecular formula is C21H17N3O3. The second kappa shape index (κ2) is 8.53. The van der Waals surface area contributed by atoms with Crippen LogP contribution in [0.25, 0.3) is 11.1 Å². The molecule has 0 bridgehead atoms. The van der Waals surface area contributed by atoms with Gasteiger partial charge in [0.2, 0.25) is 5.91 Å². The zero-order valence-corrected chi connectivity index (χ0v) is 14.4. The van der Waals surface area contributed by atoms with E-state index in [9.17, 15) is 14.9 Å². The summed E-state index contributed by atoms with van der Waals surface area (Å²) in [5.74, 6) is -0.415. The van der Waals surface area contributed by atoms with E-state index in [2.05, 4.69) is 10.5 Å². The van der Waals surface area contributed by atoms with Gasteiger partial charge in [-0.3, -0.25) is 14.9 Å². The van der Waals surface area contributed by atoms with Crippen LogP contribution in [-0.2, 0) is 11.2 Å². The van der Waals surface area contributed by atoms with Gasteiger partial charge in [0.05, 0.1) is 17.6 Å². The Morgan fingerprint density at radius 2 is 1.56 bits per heavy atom. The van der Waals surface area contributed by atoms with Gasteiger partial charge in [-0.1, -0.05) is 72.8 Å². The lowest BCUT2D eigenvalue weighted by Gasteiger charge is -2.03. The van der Waals surface area contributed by atoms with Crippen LogP contribution >= 0.6 is 0 Å². The summed E-state index contributed by atoms with van der Waals surface area (Å²) in [4.78, 5) is 22.4. The number of benzene rings is 3. The third kappa shape index (κ3) is 4.85. The van der Waals surface area contributed by atoms with E-state index in [0.717, 1.165) is 16.7 Å². The molecule has 0 spiro atoms. The second-order valence-corrected chi connectivity index (χ2v) is 5.84. The Morgan fingerprint density at radius 3 is 2.26 bits per heavy atom. The van der Waals surface area contributed by atoms with Crippen LogP contribution in [0.15, 0.2) is 84.0 Å². The van der Waals surface area contributed by atoms with Crippen LogP contribution in [-0.4, -0.2) is 17.0 Å². The first-order valence-corrected chi connectivity index (χ1v) is 8.33. The van der Waals surface area contributed by atoms with Crippen LogP contribution in [0.5, 0.6) is 0 Å². The minimum Gasteiger partial charge on any atom is -0.273 e. The summed E-state index contributed by atoms with van der Waals surface area (Å²) in [6, 6.07) is 23.9. The molecule has 1 N–H and O–H groups in total. The van der Waals surface area contributed by atoms with Gasteiger partial charge in [-0.15, -0.1) is 0 Å².